The standard InChI is InChI=1S/C12H9NO3S/c14-12(15)10-8-13(16)7-6-11(10)17-9-4-2-1-3-5-9/h1-8H,(H,14,15)/p-1. The van der Waals surface area contributed by atoms with Gasteiger partial charge in [-0.25, -0.2) is 0 Å². The number of aromatic nitrogens is 1. The maximum atomic E-state index is 11.0. The van der Waals surface area contributed by atoms with E-state index < -0.39 is 5.97 Å². The molecule has 0 bridgehead atoms. The van der Waals surface area contributed by atoms with Crippen molar-refractivity contribution in [1.82, 2.24) is 0 Å². The van der Waals surface area contributed by atoms with E-state index in [1.165, 1.54) is 24.0 Å². The van der Waals surface area contributed by atoms with Crippen LogP contribution in [0.15, 0.2) is 58.6 Å². The molecule has 0 spiro atoms. The highest BCUT2D eigenvalue weighted by molar-refractivity contribution is 7.99. The topological polar surface area (TPSA) is 67.1 Å². The molecule has 2 aromatic rings. The van der Waals surface area contributed by atoms with Crippen LogP contribution in [-0.4, -0.2) is 5.97 Å². The lowest BCUT2D eigenvalue weighted by molar-refractivity contribution is -0.606. The van der Waals surface area contributed by atoms with Crippen LogP contribution in [0.2, 0.25) is 0 Å². The molecule has 1 aromatic carbocycles. The van der Waals surface area contributed by atoms with Gasteiger partial charge in [-0.05, 0) is 12.1 Å². The minimum Gasteiger partial charge on any atom is -0.619 e. The third-order valence-electron chi connectivity index (χ3n) is 2.09. The highest BCUT2D eigenvalue weighted by Gasteiger charge is 2.09. The van der Waals surface area contributed by atoms with Crippen LogP contribution in [0, 0.1) is 5.21 Å². The van der Waals surface area contributed by atoms with Crippen LogP contribution in [0.25, 0.3) is 0 Å². The van der Waals surface area contributed by atoms with Gasteiger partial charge in [0.15, 0.2) is 12.4 Å². The van der Waals surface area contributed by atoms with Gasteiger partial charge in [-0.3, -0.25) is 0 Å². The molecule has 0 saturated carbocycles. The Kier molecular flexibility index (Phi) is 3.30. The second-order valence-corrected chi connectivity index (χ2v) is 4.40. The van der Waals surface area contributed by atoms with Crippen molar-refractivity contribution in [2.45, 2.75) is 9.79 Å². The van der Waals surface area contributed by atoms with Crippen molar-refractivity contribution in [2.24, 2.45) is 0 Å². The smallest absolute Gasteiger partial charge is 0.190 e. The van der Waals surface area contributed by atoms with Crippen molar-refractivity contribution in [3.63, 3.8) is 0 Å². The van der Waals surface area contributed by atoms with E-state index in [0.29, 0.717) is 9.63 Å². The van der Waals surface area contributed by atoms with Crippen LogP contribution in [0.4, 0.5) is 0 Å². The second kappa shape index (κ2) is 4.88. The van der Waals surface area contributed by atoms with E-state index in [1.807, 2.05) is 30.3 Å². The highest BCUT2D eigenvalue weighted by atomic mass is 32.2. The second-order valence-electron chi connectivity index (χ2n) is 3.29. The van der Waals surface area contributed by atoms with E-state index >= 15 is 0 Å². The Labute approximate surface area is 102 Å². The molecule has 0 radical (unpaired) electrons. The van der Waals surface area contributed by atoms with Crippen molar-refractivity contribution >= 4 is 17.7 Å². The van der Waals surface area contributed by atoms with Crippen LogP contribution >= 0.6 is 11.8 Å². The fourth-order valence-electron chi connectivity index (χ4n) is 1.32. The lowest BCUT2D eigenvalue weighted by Gasteiger charge is -2.08. The van der Waals surface area contributed by atoms with Gasteiger partial charge in [0.2, 0.25) is 0 Å². The molecule has 0 atom stereocenters. The third kappa shape index (κ3) is 2.76. The van der Waals surface area contributed by atoms with E-state index in [1.54, 1.807) is 0 Å². The fourth-order valence-corrected chi connectivity index (χ4v) is 2.24. The van der Waals surface area contributed by atoms with E-state index in [0.717, 1.165) is 11.1 Å². The number of hydrogen-bond donors (Lipinski definition) is 0. The summed E-state index contributed by atoms with van der Waals surface area (Å²) in [7, 11) is 0. The van der Waals surface area contributed by atoms with Gasteiger partial charge in [-0.2, -0.15) is 4.73 Å². The molecule has 0 aliphatic rings. The number of carbonyl (C=O) groups is 1. The van der Waals surface area contributed by atoms with Gasteiger partial charge in [0, 0.05) is 15.9 Å². The minimum absolute atomic E-state index is 0.101. The summed E-state index contributed by atoms with van der Waals surface area (Å²) in [5.41, 5.74) is -0.101. The Hall–Kier alpha value is -2.01. The molecule has 0 aliphatic carbocycles. The number of nitrogens with zero attached hydrogens (tertiary/aromatic N) is 1. The summed E-state index contributed by atoms with van der Waals surface area (Å²) in [6.07, 6.45) is 2.26. The van der Waals surface area contributed by atoms with E-state index in [2.05, 4.69) is 0 Å². The van der Waals surface area contributed by atoms with Crippen LogP contribution < -0.4 is 9.84 Å². The molecule has 1 heterocycles. The van der Waals surface area contributed by atoms with Crippen LogP contribution in [0.3, 0.4) is 0 Å². The van der Waals surface area contributed by atoms with E-state index in [4.69, 9.17) is 0 Å². The Bertz CT molecular complexity index is 543. The molecule has 2 rings (SSSR count). The number of hydrogen-bond acceptors (Lipinski definition) is 4. The number of rotatable bonds is 3. The molecule has 86 valence electrons. The number of benzene rings is 1. The zero-order valence-corrected chi connectivity index (χ0v) is 9.52. The Morgan fingerprint density at radius 3 is 2.53 bits per heavy atom. The van der Waals surface area contributed by atoms with Crippen LogP contribution in [0.5, 0.6) is 0 Å². The van der Waals surface area contributed by atoms with E-state index in [9.17, 15) is 15.1 Å². The number of carboxylic acid groups (broad SMARTS) is 1. The van der Waals surface area contributed by atoms with Gasteiger partial charge in [0.1, 0.15) is 0 Å². The summed E-state index contributed by atoms with van der Waals surface area (Å²) in [5, 5.41) is 21.9. The van der Waals surface area contributed by atoms with Gasteiger partial charge in [-0.1, -0.05) is 30.0 Å². The van der Waals surface area contributed by atoms with Gasteiger partial charge >= 0.3 is 0 Å². The molecule has 0 unspecified atom stereocenters. The first-order chi connectivity index (χ1) is 8.16. The molecular formula is C12H8NO3S-. The maximum Gasteiger partial charge on any atom is 0.190 e. The molecule has 1 aromatic heterocycles. The summed E-state index contributed by atoms with van der Waals surface area (Å²) in [6, 6.07) is 10.8. The molecule has 0 N–H and O–H groups in total. The zero-order chi connectivity index (χ0) is 12.3. The Balaban J connectivity index is 2.36. The molecule has 4 nitrogen and oxygen atoms in total. The van der Waals surface area contributed by atoms with Crippen molar-refractivity contribution in [3.8, 4) is 0 Å². The van der Waals surface area contributed by atoms with Crippen LogP contribution in [0.1, 0.15) is 10.4 Å². The number of carboxylic acids is 1. The maximum absolute atomic E-state index is 11.0. The predicted octanol–water partition coefficient (Wildman–Crippen LogP) is 0.835. The Morgan fingerprint density at radius 2 is 1.88 bits per heavy atom. The summed E-state index contributed by atoms with van der Waals surface area (Å²) in [5.74, 6) is -1.35. The zero-order valence-electron chi connectivity index (χ0n) is 8.70. The lowest BCUT2D eigenvalue weighted by atomic mass is 10.3. The van der Waals surface area contributed by atoms with Gasteiger partial charge < -0.3 is 15.1 Å². The summed E-state index contributed by atoms with van der Waals surface area (Å²) >= 11 is 1.28. The fraction of sp³-hybridized carbons (Fsp3) is 0. The third-order valence-corrected chi connectivity index (χ3v) is 3.17. The first kappa shape index (κ1) is 11.5. The minimum atomic E-state index is -1.35. The van der Waals surface area contributed by atoms with Crippen LogP contribution in [-0.2, 0) is 0 Å². The predicted molar refractivity (Wildman–Crippen MR) is 60.3 cm³/mol. The van der Waals surface area contributed by atoms with E-state index in [-0.39, 0.29) is 5.56 Å². The molecule has 5 heteroatoms. The van der Waals surface area contributed by atoms with Crippen molar-refractivity contribution < 1.29 is 14.6 Å². The highest BCUT2D eigenvalue weighted by Crippen LogP contribution is 2.29. The van der Waals surface area contributed by atoms with Crippen molar-refractivity contribution in [3.05, 3.63) is 59.6 Å². The normalized spacial score (nSPS) is 10.1. The largest absolute Gasteiger partial charge is 0.619 e. The summed E-state index contributed by atoms with van der Waals surface area (Å²) in [6.45, 7) is 0. The van der Waals surface area contributed by atoms with Gasteiger partial charge in [0.25, 0.3) is 0 Å². The first-order valence-corrected chi connectivity index (χ1v) is 5.65. The number of aromatic carboxylic acids is 1. The van der Waals surface area contributed by atoms with Gasteiger partial charge in [0.05, 0.1) is 11.5 Å². The summed E-state index contributed by atoms with van der Waals surface area (Å²) < 4.78 is 0.445. The number of pyridine rings is 1. The lowest BCUT2D eigenvalue weighted by Crippen LogP contribution is -2.31. The molecule has 0 fully saturated rings. The average Bonchev–Trinajstić information content (AvgIpc) is 2.32. The quantitative estimate of drug-likeness (QED) is 0.594. The molecule has 0 aliphatic heterocycles. The first-order valence-electron chi connectivity index (χ1n) is 4.84. The average molecular weight is 246 g/mol. The SMILES string of the molecule is O=C([O-])c1c[n+]([O-])ccc1Sc1ccccc1. The van der Waals surface area contributed by atoms with Gasteiger partial charge in [-0.15, -0.1) is 0 Å². The van der Waals surface area contributed by atoms with Crippen molar-refractivity contribution in [1.29, 1.82) is 0 Å². The summed E-state index contributed by atoms with van der Waals surface area (Å²) in [4.78, 5) is 12.3. The monoisotopic (exact) mass is 246 g/mol. The molecule has 17 heavy (non-hydrogen) atoms. The Morgan fingerprint density at radius 1 is 1.18 bits per heavy atom. The molecule has 0 amide bonds. The molecular weight excluding hydrogens is 238 g/mol. The number of carbonyl (C=O) groups excluding carboxylic acids is 1. The molecule has 0 saturated heterocycles. The van der Waals surface area contributed by atoms with Crippen molar-refractivity contribution in [2.75, 3.05) is 0 Å².